The number of methoxy groups -OCH3 is 1. The number of hydrogen-bond donors (Lipinski definition) is 1. The average molecular weight is 448 g/mol. The van der Waals surface area contributed by atoms with Crippen molar-refractivity contribution in [3.05, 3.63) is 104 Å². The van der Waals surface area contributed by atoms with Gasteiger partial charge in [0.05, 0.1) is 28.1 Å². The largest absolute Gasteiger partial charge is 0.478 e. The first-order chi connectivity index (χ1) is 15.7. The number of aromatic carboxylic acids is 1. The van der Waals surface area contributed by atoms with Crippen molar-refractivity contribution in [3.8, 4) is 0 Å². The van der Waals surface area contributed by atoms with E-state index in [1.165, 1.54) is 25.3 Å². The van der Waals surface area contributed by atoms with E-state index in [9.17, 15) is 29.8 Å². The summed E-state index contributed by atoms with van der Waals surface area (Å²) in [4.78, 5) is 42.8. The zero-order valence-corrected chi connectivity index (χ0v) is 17.1. The minimum absolute atomic E-state index is 0.0511. The normalized spacial score (nSPS) is 10.2. The van der Waals surface area contributed by atoms with Crippen LogP contribution in [-0.4, -0.2) is 34.0 Å². The second-order valence-electron chi connectivity index (χ2n) is 6.74. The van der Waals surface area contributed by atoms with E-state index in [1.807, 2.05) is 0 Å². The Kier molecular flexibility index (Phi) is 6.58. The zero-order valence-electron chi connectivity index (χ0n) is 17.1. The molecule has 0 aliphatic rings. The van der Waals surface area contributed by atoms with Gasteiger partial charge in [-0.05, 0) is 21.5 Å². The van der Waals surface area contributed by atoms with Crippen LogP contribution in [-0.2, 0) is 4.74 Å². The quantitative estimate of drug-likeness (QED) is 0.261. The molecule has 4 aromatic rings. The van der Waals surface area contributed by atoms with Gasteiger partial charge in [0.1, 0.15) is 0 Å². The van der Waals surface area contributed by atoms with E-state index in [1.54, 1.807) is 48.5 Å². The standard InChI is InChI=1S/C12H9NO4.C11H7NO4/c1-17-12(14)11-7-9(13(15)16)6-8-4-2-3-5-10(8)11;13-11(14)10-6-8(12(15)16)5-7-3-1-2-4-9(7)10/h2-7H,1H3;1-6H,(H,13,14). The van der Waals surface area contributed by atoms with Crippen molar-refractivity contribution in [2.75, 3.05) is 7.11 Å². The van der Waals surface area contributed by atoms with Crippen LogP contribution in [0.5, 0.6) is 0 Å². The second-order valence-corrected chi connectivity index (χ2v) is 6.74. The molecule has 0 unspecified atom stereocenters. The van der Waals surface area contributed by atoms with E-state index in [0.717, 1.165) is 6.07 Å². The first-order valence-corrected chi connectivity index (χ1v) is 9.39. The predicted octanol–water partition coefficient (Wildman–Crippen LogP) is 4.98. The van der Waals surface area contributed by atoms with Crippen molar-refractivity contribution >= 4 is 44.9 Å². The number of non-ortho nitro benzene ring substituents is 2. The smallest absolute Gasteiger partial charge is 0.338 e. The second kappa shape index (κ2) is 9.52. The molecule has 0 aromatic heterocycles. The summed E-state index contributed by atoms with van der Waals surface area (Å²) in [5, 5.41) is 32.7. The first kappa shape index (κ1) is 22.8. The third-order valence-electron chi connectivity index (χ3n) is 4.75. The molecule has 1 N–H and O–H groups in total. The number of rotatable bonds is 4. The summed E-state index contributed by atoms with van der Waals surface area (Å²) in [6.45, 7) is 0. The van der Waals surface area contributed by atoms with Crippen molar-refractivity contribution in [2.24, 2.45) is 0 Å². The topological polar surface area (TPSA) is 150 Å². The maximum Gasteiger partial charge on any atom is 0.338 e. The molecule has 4 aromatic carbocycles. The fourth-order valence-electron chi connectivity index (χ4n) is 3.26. The van der Waals surface area contributed by atoms with Crippen LogP contribution in [0.1, 0.15) is 20.7 Å². The Morgan fingerprint density at radius 3 is 1.61 bits per heavy atom. The van der Waals surface area contributed by atoms with Crippen LogP contribution in [0.25, 0.3) is 21.5 Å². The maximum atomic E-state index is 11.6. The predicted molar refractivity (Wildman–Crippen MR) is 120 cm³/mol. The highest BCUT2D eigenvalue weighted by molar-refractivity contribution is 6.06. The number of hydrogen-bond acceptors (Lipinski definition) is 7. The molecule has 0 heterocycles. The summed E-state index contributed by atoms with van der Waals surface area (Å²) in [6.07, 6.45) is 0. The number of esters is 1. The van der Waals surface area contributed by atoms with Gasteiger partial charge in [-0.1, -0.05) is 48.5 Å². The number of carbonyl (C=O) groups excluding carboxylic acids is 1. The van der Waals surface area contributed by atoms with Crippen molar-refractivity contribution < 1.29 is 29.3 Å². The molecule has 33 heavy (non-hydrogen) atoms. The van der Waals surface area contributed by atoms with Gasteiger partial charge in [-0.3, -0.25) is 20.2 Å². The van der Waals surface area contributed by atoms with Gasteiger partial charge in [0.2, 0.25) is 0 Å². The Balaban J connectivity index is 0.000000186. The SMILES string of the molecule is COC(=O)c1cc([N+](=O)[O-])cc2ccccc12.O=C(O)c1cc([N+](=O)[O-])cc2ccccc12. The lowest BCUT2D eigenvalue weighted by Crippen LogP contribution is -2.03. The van der Waals surface area contributed by atoms with Gasteiger partial charge in [-0.2, -0.15) is 0 Å². The van der Waals surface area contributed by atoms with Gasteiger partial charge in [-0.15, -0.1) is 0 Å². The molecule has 0 aliphatic heterocycles. The van der Waals surface area contributed by atoms with Gasteiger partial charge in [0, 0.05) is 24.3 Å². The van der Waals surface area contributed by atoms with Crippen LogP contribution in [0, 0.1) is 20.2 Å². The van der Waals surface area contributed by atoms with E-state index >= 15 is 0 Å². The van der Waals surface area contributed by atoms with Gasteiger partial charge in [-0.25, -0.2) is 9.59 Å². The molecule has 0 saturated heterocycles. The Labute approximate surface area is 185 Å². The van der Waals surface area contributed by atoms with E-state index in [0.29, 0.717) is 21.5 Å². The Bertz CT molecular complexity index is 1410. The van der Waals surface area contributed by atoms with E-state index < -0.39 is 21.8 Å². The number of carbonyl (C=O) groups is 2. The summed E-state index contributed by atoms with van der Waals surface area (Å²) in [6, 6.07) is 18.7. The molecular weight excluding hydrogens is 432 g/mol. The lowest BCUT2D eigenvalue weighted by atomic mass is 10.0. The molecule has 166 valence electrons. The van der Waals surface area contributed by atoms with Crippen molar-refractivity contribution in [1.82, 2.24) is 0 Å². The number of nitrogens with zero attached hydrogens (tertiary/aromatic N) is 2. The third-order valence-corrected chi connectivity index (χ3v) is 4.75. The average Bonchev–Trinajstić information content (AvgIpc) is 2.82. The molecule has 0 saturated carbocycles. The van der Waals surface area contributed by atoms with Gasteiger partial charge >= 0.3 is 11.9 Å². The molecule has 0 radical (unpaired) electrons. The van der Waals surface area contributed by atoms with Crippen molar-refractivity contribution in [3.63, 3.8) is 0 Å². The fraction of sp³-hybridized carbons (Fsp3) is 0.0435. The highest BCUT2D eigenvalue weighted by Gasteiger charge is 2.17. The minimum Gasteiger partial charge on any atom is -0.478 e. The maximum absolute atomic E-state index is 11.6. The summed E-state index contributed by atoms with van der Waals surface area (Å²) in [7, 11) is 1.25. The van der Waals surface area contributed by atoms with E-state index in [4.69, 9.17) is 5.11 Å². The number of carboxylic acid groups (broad SMARTS) is 1. The number of benzene rings is 4. The Hall–Kier alpha value is -4.86. The van der Waals surface area contributed by atoms with Crippen LogP contribution in [0.15, 0.2) is 72.8 Å². The van der Waals surface area contributed by atoms with Crippen molar-refractivity contribution in [1.29, 1.82) is 0 Å². The molecule has 0 atom stereocenters. The molecule has 10 heteroatoms. The first-order valence-electron chi connectivity index (χ1n) is 9.39. The molecule has 0 fully saturated rings. The van der Waals surface area contributed by atoms with Gasteiger partial charge in [0.25, 0.3) is 11.4 Å². The van der Waals surface area contributed by atoms with Crippen LogP contribution >= 0.6 is 0 Å². The van der Waals surface area contributed by atoms with E-state index in [-0.39, 0.29) is 22.5 Å². The Morgan fingerprint density at radius 2 is 1.18 bits per heavy atom. The van der Waals surface area contributed by atoms with Crippen LogP contribution in [0.4, 0.5) is 11.4 Å². The summed E-state index contributed by atoms with van der Waals surface area (Å²) in [5.41, 5.74) is -0.178. The molecule has 4 rings (SSSR count). The zero-order chi connectivity index (χ0) is 24.1. The number of ether oxygens (including phenoxy) is 1. The molecule has 10 nitrogen and oxygen atoms in total. The third kappa shape index (κ3) is 4.90. The van der Waals surface area contributed by atoms with Crippen LogP contribution in [0.2, 0.25) is 0 Å². The monoisotopic (exact) mass is 448 g/mol. The highest BCUT2D eigenvalue weighted by atomic mass is 16.6. The Morgan fingerprint density at radius 1 is 0.758 bits per heavy atom. The number of carboxylic acids is 1. The minimum atomic E-state index is -1.17. The molecule has 0 aliphatic carbocycles. The molecule has 0 spiro atoms. The lowest BCUT2D eigenvalue weighted by Gasteiger charge is -2.04. The molecule has 0 amide bonds. The van der Waals surface area contributed by atoms with E-state index in [2.05, 4.69) is 4.74 Å². The highest BCUT2D eigenvalue weighted by Crippen LogP contribution is 2.26. The van der Waals surface area contributed by atoms with Crippen molar-refractivity contribution in [2.45, 2.75) is 0 Å². The van der Waals surface area contributed by atoms with Gasteiger partial charge in [0.15, 0.2) is 0 Å². The molecule has 0 bridgehead atoms. The summed E-state index contributed by atoms with van der Waals surface area (Å²) >= 11 is 0. The number of nitro benzene ring substituents is 2. The fourth-order valence-corrected chi connectivity index (χ4v) is 3.26. The number of nitro groups is 2. The van der Waals surface area contributed by atoms with Crippen LogP contribution < -0.4 is 0 Å². The number of fused-ring (bicyclic) bond motifs is 2. The lowest BCUT2D eigenvalue weighted by molar-refractivity contribution is -0.384. The van der Waals surface area contributed by atoms with Gasteiger partial charge < -0.3 is 9.84 Å². The summed E-state index contributed by atoms with van der Waals surface area (Å²) < 4.78 is 4.62. The summed E-state index contributed by atoms with van der Waals surface area (Å²) in [5.74, 6) is -1.75. The van der Waals surface area contributed by atoms with Crippen LogP contribution in [0.3, 0.4) is 0 Å². The molecular formula is C23H16N2O8.